The molecule has 1 aromatic heterocycles. The second-order valence-electron chi connectivity index (χ2n) is 4.95. The number of nitrogens with one attached hydrogen (secondary N) is 1. The Morgan fingerprint density at radius 3 is 2.76 bits per heavy atom. The number of nitrogen functional groups attached to an aromatic ring is 1. The first-order chi connectivity index (χ1) is 9.92. The number of carbonyl (C=O) groups excluding carboxylic acids is 1. The van der Waals surface area contributed by atoms with Crippen LogP contribution in [0.5, 0.6) is 0 Å². The van der Waals surface area contributed by atoms with E-state index in [2.05, 4.69) is 10.4 Å². The van der Waals surface area contributed by atoms with Gasteiger partial charge in [0.25, 0.3) is 0 Å². The minimum Gasteiger partial charge on any atom is -0.399 e. The van der Waals surface area contributed by atoms with Crippen molar-refractivity contribution in [3.05, 3.63) is 41.0 Å². The summed E-state index contributed by atoms with van der Waals surface area (Å²) in [5.74, 6) is -0.854. The maximum atomic E-state index is 13.6. The molecule has 0 aliphatic heterocycles. The number of halogens is 1. The van der Waals surface area contributed by atoms with E-state index in [1.807, 2.05) is 20.8 Å². The summed E-state index contributed by atoms with van der Waals surface area (Å²) in [7, 11) is 0. The van der Waals surface area contributed by atoms with Crippen molar-refractivity contribution in [2.24, 2.45) is 0 Å². The van der Waals surface area contributed by atoms with Crippen molar-refractivity contribution < 1.29 is 9.18 Å². The molecule has 0 spiro atoms. The molecular weight excluding hydrogens is 271 g/mol. The number of anilines is 2. The Morgan fingerprint density at radius 1 is 1.43 bits per heavy atom. The summed E-state index contributed by atoms with van der Waals surface area (Å²) in [5.41, 5.74) is 9.07. The quantitative estimate of drug-likeness (QED) is 0.849. The lowest BCUT2D eigenvalue weighted by molar-refractivity contribution is -0.117. The first-order valence-electron chi connectivity index (χ1n) is 6.80. The van der Waals surface area contributed by atoms with E-state index in [0.717, 1.165) is 23.4 Å². The van der Waals surface area contributed by atoms with E-state index in [1.54, 1.807) is 4.68 Å². The lowest BCUT2D eigenvalue weighted by Gasteiger charge is -2.08. The number of hydrogen-bond acceptors (Lipinski definition) is 3. The second-order valence-corrected chi connectivity index (χ2v) is 4.95. The van der Waals surface area contributed by atoms with Crippen LogP contribution in [0.15, 0.2) is 18.2 Å². The predicted molar refractivity (Wildman–Crippen MR) is 80.5 cm³/mol. The molecule has 0 aliphatic rings. The molecule has 0 aliphatic carbocycles. The number of aryl methyl sites for hydroxylation is 1. The van der Waals surface area contributed by atoms with Crippen molar-refractivity contribution >= 4 is 17.3 Å². The van der Waals surface area contributed by atoms with E-state index in [-0.39, 0.29) is 18.1 Å². The minimum atomic E-state index is -0.514. The van der Waals surface area contributed by atoms with Crippen LogP contribution >= 0.6 is 0 Å². The average Bonchev–Trinajstić information content (AvgIpc) is 2.68. The highest BCUT2D eigenvalue weighted by Crippen LogP contribution is 2.18. The van der Waals surface area contributed by atoms with Gasteiger partial charge in [-0.3, -0.25) is 9.48 Å². The summed E-state index contributed by atoms with van der Waals surface area (Å²) >= 11 is 0. The molecule has 0 atom stereocenters. The van der Waals surface area contributed by atoms with Crippen LogP contribution in [0, 0.1) is 19.7 Å². The van der Waals surface area contributed by atoms with Crippen LogP contribution in [-0.4, -0.2) is 15.7 Å². The number of amides is 1. The van der Waals surface area contributed by atoms with Gasteiger partial charge in [-0.1, -0.05) is 6.92 Å². The van der Waals surface area contributed by atoms with Gasteiger partial charge in [0.15, 0.2) is 0 Å². The summed E-state index contributed by atoms with van der Waals surface area (Å²) in [6.07, 6.45) is 0.864. The van der Waals surface area contributed by atoms with Crippen LogP contribution in [0.3, 0.4) is 0 Å². The molecule has 6 heteroatoms. The van der Waals surface area contributed by atoms with E-state index >= 15 is 0 Å². The third kappa shape index (κ3) is 3.21. The molecule has 0 saturated heterocycles. The molecule has 112 valence electrons. The normalized spacial score (nSPS) is 10.7. The van der Waals surface area contributed by atoms with Gasteiger partial charge in [-0.2, -0.15) is 5.10 Å². The van der Waals surface area contributed by atoms with E-state index < -0.39 is 5.82 Å². The van der Waals surface area contributed by atoms with Crippen molar-refractivity contribution in [2.45, 2.75) is 33.7 Å². The van der Waals surface area contributed by atoms with Gasteiger partial charge in [0.1, 0.15) is 12.4 Å². The summed E-state index contributed by atoms with van der Waals surface area (Å²) in [6.45, 7) is 5.93. The number of nitrogens with zero attached hydrogens (tertiary/aromatic N) is 2. The monoisotopic (exact) mass is 290 g/mol. The Balaban J connectivity index is 2.14. The van der Waals surface area contributed by atoms with Crippen LogP contribution in [0.4, 0.5) is 15.8 Å². The topological polar surface area (TPSA) is 72.9 Å². The maximum Gasteiger partial charge on any atom is 0.246 e. The first kappa shape index (κ1) is 15.0. The SMILES string of the molecule is CCc1c(C)nn(CC(=O)Nc2cc(N)ccc2F)c1C. The number of aromatic nitrogens is 2. The lowest BCUT2D eigenvalue weighted by atomic mass is 10.1. The van der Waals surface area contributed by atoms with Gasteiger partial charge in [-0.25, -0.2) is 4.39 Å². The maximum absolute atomic E-state index is 13.6. The highest BCUT2D eigenvalue weighted by atomic mass is 19.1. The van der Waals surface area contributed by atoms with Crippen LogP contribution in [0.1, 0.15) is 23.9 Å². The van der Waals surface area contributed by atoms with Gasteiger partial charge in [-0.05, 0) is 44.0 Å². The zero-order valence-electron chi connectivity index (χ0n) is 12.4. The van der Waals surface area contributed by atoms with E-state index in [9.17, 15) is 9.18 Å². The zero-order chi connectivity index (χ0) is 15.6. The van der Waals surface area contributed by atoms with Crippen LogP contribution < -0.4 is 11.1 Å². The Kier molecular flexibility index (Phi) is 4.26. The highest BCUT2D eigenvalue weighted by molar-refractivity contribution is 5.91. The van der Waals surface area contributed by atoms with E-state index in [1.165, 1.54) is 18.2 Å². The van der Waals surface area contributed by atoms with Gasteiger partial charge in [-0.15, -0.1) is 0 Å². The summed E-state index contributed by atoms with van der Waals surface area (Å²) < 4.78 is 15.2. The molecule has 0 radical (unpaired) electrons. The number of benzene rings is 1. The smallest absolute Gasteiger partial charge is 0.246 e. The number of nitrogens with two attached hydrogens (primary N) is 1. The molecule has 0 bridgehead atoms. The fraction of sp³-hybridized carbons (Fsp3) is 0.333. The molecule has 2 aromatic rings. The Hall–Kier alpha value is -2.37. The number of hydrogen-bond donors (Lipinski definition) is 2. The van der Waals surface area contributed by atoms with Crippen molar-refractivity contribution in [2.75, 3.05) is 11.1 Å². The summed E-state index contributed by atoms with van der Waals surface area (Å²) in [5, 5.41) is 6.86. The molecule has 0 fully saturated rings. The van der Waals surface area contributed by atoms with Crippen LogP contribution in [0.25, 0.3) is 0 Å². The molecule has 3 N–H and O–H groups in total. The van der Waals surface area contributed by atoms with Gasteiger partial charge in [0.2, 0.25) is 5.91 Å². The minimum absolute atomic E-state index is 0.0426. The molecule has 1 aromatic carbocycles. The molecule has 1 amide bonds. The Morgan fingerprint density at radius 2 is 2.14 bits per heavy atom. The van der Waals surface area contributed by atoms with Crippen molar-refractivity contribution in [1.82, 2.24) is 9.78 Å². The zero-order valence-corrected chi connectivity index (χ0v) is 12.4. The van der Waals surface area contributed by atoms with Crippen molar-refractivity contribution in [3.8, 4) is 0 Å². The highest BCUT2D eigenvalue weighted by Gasteiger charge is 2.13. The fourth-order valence-corrected chi connectivity index (χ4v) is 2.36. The third-order valence-electron chi connectivity index (χ3n) is 3.44. The summed E-state index contributed by atoms with van der Waals surface area (Å²) in [4.78, 5) is 12.0. The molecular formula is C15H19FN4O. The Labute approximate surface area is 123 Å². The van der Waals surface area contributed by atoms with Crippen LogP contribution in [0.2, 0.25) is 0 Å². The number of rotatable bonds is 4. The Bertz CT molecular complexity index is 679. The van der Waals surface area contributed by atoms with Crippen molar-refractivity contribution in [1.29, 1.82) is 0 Å². The molecule has 1 heterocycles. The molecule has 21 heavy (non-hydrogen) atoms. The molecule has 2 rings (SSSR count). The van der Waals surface area contributed by atoms with E-state index in [0.29, 0.717) is 5.69 Å². The molecule has 5 nitrogen and oxygen atoms in total. The first-order valence-corrected chi connectivity index (χ1v) is 6.80. The standard InChI is InChI=1S/C15H19FN4O/c1-4-12-9(2)19-20(10(12)3)8-15(21)18-14-7-11(17)5-6-13(14)16/h5-7H,4,8,17H2,1-3H3,(H,18,21). The van der Waals surface area contributed by atoms with Gasteiger partial charge >= 0.3 is 0 Å². The van der Waals surface area contributed by atoms with Gasteiger partial charge in [0, 0.05) is 11.4 Å². The average molecular weight is 290 g/mol. The molecule has 0 saturated carbocycles. The van der Waals surface area contributed by atoms with E-state index in [4.69, 9.17) is 5.73 Å². The number of carbonyl (C=O) groups is 1. The fourth-order valence-electron chi connectivity index (χ4n) is 2.36. The largest absolute Gasteiger partial charge is 0.399 e. The summed E-state index contributed by atoms with van der Waals surface area (Å²) in [6, 6.07) is 4.06. The predicted octanol–water partition coefficient (Wildman–Crippen LogP) is 2.42. The van der Waals surface area contributed by atoms with Gasteiger partial charge < -0.3 is 11.1 Å². The van der Waals surface area contributed by atoms with Crippen LogP contribution in [-0.2, 0) is 17.8 Å². The van der Waals surface area contributed by atoms with Crippen molar-refractivity contribution in [3.63, 3.8) is 0 Å². The lowest BCUT2D eigenvalue weighted by Crippen LogP contribution is -2.21. The molecule has 0 unspecified atom stereocenters. The van der Waals surface area contributed by atoms with Gasteiger partial charge in [0.05, 0.1) is 11.4 Å². The second kappa shape index (κ2) is 5.95. The third-order valence-corrected chi connectivity index (χ3v) is 3.44.